The molecule has 1 aromatic heterocycles. The van der Waals surface area contributed by atoms with Crippen LogP contribution in [0.25, 0.3) is 0 Å². The van der Waals surface area contributed by atoms with Crippen molar-refractivity contribution in [2.24, 2.45) is 0 Å². The van der Waals surface area contributed by atoms with E-state index in [9.17, 15) is 0 Å². The van der Waals surface area contributed by atoms with E-state index in [0.717, 1.165) is 44.2 Å². The number of nitrogens with zero attached hydrogens (tertiary/aromatic N) is 1. The Morgan fingerprint density at radius 2 is 2.12 bits per heavy atom. The summed E-state index contributed by atoms with van der Waals surface area (Å²) < 4.78 is 5.73. The monoisotopic (exact) mass is 235 g/mol. The highest BCUT2D eigenvalue weighted by Crippen LogP contribution is 2.25. The first kappa shape index (κ1) is 12.2. The lowest BCUT2D eigenvalue weighted by Gasteiger charge is -2.23. The highest BCUT2D eigenvalue weighted by molar-refractivity contribution is 5.45. The average Bonchev–Trinajstić information content (AvgIpc) is 2.76. The third kappa shape index (κ3) is 3.33. The number of rotatable bonds is 5. The van der Waals surface area contributed by atoms with Crippen LogP contribution < -0.4 is 10.6 Å². The number of nitrogens with one attached hydrogen (secondary N) is 2. The van der Waals surface area contributed by atoms with Crippen LogP contribution in [0.5, 0.6) is 0 Å². The van der Waals surface area contributed by atoms with Crippen LogP contribution in [0.4, 0.5) is 11.6 Å². The molecule has 2 N–H and O–H groups in total. The van der Waals surface area contributed by atoms with Crippen molar-refractivity contribution in [2.45, 2.75) is 32.3 Å². The summed E-state index contributed by atoms with van der Waals surface area (Å²) in [4.78, 5) is 4.48. The fraction of sp³-hybridized carbons (Fsp3) is 0.615. The lowest BCUT2D eigenvalue weighted by molar-refractivity contribution is 0.0315. The molecule has 1 aliphatic rings. The second-order valence-corrected chi connectivity index (χ2v) is 4.69. The van der Waals surface area contributed by atoms with Crippen molar-refractivity contribution >= 4 is 11.6 Å². The molecular weight excluding hydrogens is 214 g/mol. The smallest absolute Gasteiger partial charge is 0.128 e. The molecule has 17 heavy (non-hydrogen) atoms. The maximum atomic E-state index is 5.73. The van der Waals surface area contributed by atoms with Crippen molar-refractivity contribution in [3.05, 3.63) is 18.2 Å². The molecule has 1 unspecified atom stereocenters. The van der Waals surface area contributed by atoms with Crippen molar-refractivity contribution in [2.75, 3.05) is 30.3 Å². The molecule has 1 fully saturated rings. The summed E-state index contributed by atoms with van der Waals surface area (Å²) in [5.41, 5.74) is -0.0319. The molecule has 1 aliphatic heterocycles. The van der Waals surface area contributed by atoms with Gasteiger partial charge < -0.3 is 15.4 Å². The zero-order valence-corrected chi connectivity index (χ0v) is 10.6. The molecule has 2 heterocycles. The van der Waals surface area contributed by atoms with Crippen molar-refractivity contribution < 1.29 is 4.74 Å². The fourth-order valence-electron chi connectivity index (χ4n) is 2.07. The quantitative estimate of drug-likeness (QED) is 0.823. The van der Waals surface area contributed by atoms with Crippen LogP contribution in [0.1, 0.15) is 26.7 Å². The molecule has 1 atom stereocenters. The average molecular weight is 235 g/mol. The summed E-state index contributed by atoms with van der Waals surface area (Å²) in [6, 6.07) is 5.97. The van der Waals surface area contributed by atoms with E-state index in [1.165, 1.54) is 0 Å². The normalized spacial score (nSPS) is 23.6. The largest absolute Gasteiger partial charge is 0.373 e. The van der Waals surface area contributed by atoms with Crippen LogP contribution in [-0.4, -0.2) is 30.3 Å². The minimum Gasteiger partial charge on any atom is -0.373 e. The first-order valence-electron chi connectivity index (χ1n) is 6.31. The highest BCUT2D eigenvalue weighted by Gasteiger charge is 2.29. The van der Waals surface area contributed by atoms with Crippen molar-refractivity contribution in [3.8, 4) is 0 Å². The molecule has 0 radical (unpaired) electrons. The maximum Gasteiger partial charge on any atom is 0.128 e. The van der Waals surface area contributed by atoms with E-state index >= 15 is 0 Å². The summed E-state index contributed by atoms with van der Waals surface area (Å²) in [7, 11) is 0. The molecule has 4 heteroatoms. The fourth-order valence-corrected chi connectivity index (χ4v) is 2.07. The highest BCUT2D eigenvalue weighted by atomic mass is 16.5. The Labute approximate surface area is 103 Å². The number of hydrogen-bond donors (Lipinski definition) is 2. The zero-order chi connectivity index (χ0) is 12.1. The SMILES string of the molecule is CCNc1cccc(NCC2(C)CCCO2)n1. The molecule has 0 aliphatic carbocycles. The number of hydrogen-bond acceptors (Lipinski definition) is 4. The van der Waals surface area contributed by atoms with E-state index in [0.29, 0.717) is 0 Å². The second-order valence-electron chi connectivity index (χ2n) is 4.69. The van der Waals surface area contributed by atoms with Gasteiger partial charge in [0.2, 0.25) is 0 Å². The predicted molar refractivity (Wildman–Crippen MR) is 70.5 cm³/mol. The summed E-state index contributed by atoms with van der Waals surface area (Å²) in [6.45, 7) is 6.80. The third-order valence-corrected chi connectivity index (χ3v) is 3.05. The van der Waals surface area contributed by atoms with Gasteiger partial charge in [0.15, 0.2) is 0 Å². The molecule has 0 aromatic carbocycles. The molecule has 0 bridgehead atoms. The van der Waals surface area contributed by atoms with Gasteiger partial charge in [-0.25, -0.2) is 4.98 Å². The lowest BCUT2D eigenvalue weighted by Crippen LogP contribution is -2.32. The standard InChI is InChI=1S/C13H21N3O/c1-3-14-11-6-4-7-12(16-11)15-10-13(2)8-5-9-17-13/h4,6-7H,3,5,8-10H2,1-2H3,(H2,14,15,16). The predicted octanol–water partition coefficient (Wildman–Crippen LogP) is 2.49. The van der Waals surface area contributed by atoms with E-state index in [1.54, 1.807) is 0 Å². The number of pyridine rings is 1. The van der Waals surface area contributed by atoms with Gasteiger partial charge in [-0.1, -0.05) is 6.07 Å². The van der Waals surface area contributed by atoms with Crippen LogP contribution in [0.3, 0.4) is 0 Å². The lowest BCUT2D eigenvalue weighted by atomic mass is 10.0. The first-order chi connectivity index (χ1) is 8.22. The van der Waals surface area contributed by atoms with Crippen LogP contribution in [0, 0.1) is 0 Å². The number of aromatic nitrogens is 1. The first-order valence-corrected chi connectivity index (χ1v) is 6.31. The zero-order valence-electron chi connectivity index (χ0n) is 10.6. The van der Waals surface area contributed by atoms with Gasteiger partial charge in [-0.3, -0.25) is 0 Å². The van der Waals surface area contributed by atoms with Crippen LogP contribution >= 0.6 is 0 Å². The van der Waals surface area contributed by atoms with Gasteiger partial charge in [-0.05, 0) is 38.8 Å². The molecule has 4 nitrogen and oxygen atoms in total. The molecule has 94 valence electrons. The summed E-state index contributed by atoms with van der Waals surface area (Å²) in [5, 5.41) is 6.55. The molecule has 1 saturated heterocycles. The van der Waals surface area contributed by atoms with Gasteiger partial charge in [0.1, 0.15) is 11.6 Å². The van der Waals surface area contributed by atoms with E-state index in [-0.39, 0.29) is 5.60 Å². The molecule has 0 amide bonds. The van der Waals surface area contributed by atoms with E-state index in [1.807, 2.05) is 18.2 Å². The molecule has 1 aromatic rings. The second kappa shape index (κ2) is 5.36. The van der Waals surface area contributed by atoms with Crippen molar-refractivity contribution in [1.82, 2.24) is 4.98 Å². The molecule has 0 saturated carbocycles. The Morgan fingerprint density at radius 3 is 2.76 bits per heavy atom. The Hall–Kier alpha value is -1.29. The maximum absolute atomic E-state index is 5.73. The minimum absolute atomic E-state index is 0.0319. The Morgan fingerprint density at radius 1 is 1.35 bits per heavy atom. The van der Waals surface area contributed by atoms with Crippen molar-refractivity contribution in [1.29, 1.82) is 0 Å². The number of ether oxygens (including phenoxy) is 1. The minimum atomic E-state index is -0.0319. The summed E-state index contributed by atoms with van der Waals surface area (Å²) in [6.07, 6.45) is 2.27. The van der Waals surface area contributed by atoms with Gasteiger partial charge in [-0.2, -0.15) is 0 Å². The molecular formula is C13H21N3O. The molecule has 2 rings (SSSR count). The van der Waals surface area contributed by atoms with Crippen LogP contribution in [0.15, 0.2) is 18.2 Å². The van der Waals surface area contributed by atoms with Crippen molar-refractivity contribution in [3.63, 3.8) is 0 Å². The topological polar surface area (TPSA) is 46.2 Å². The Bertz CT molecular complexity index is 361. The van der Waals surface area contributed by atoms with Crippen LogP contribution in [0.2, 0.25) is 0 Å². The van der Waals surface area contributed by atoms with Crippen LogP contribution in [-0.2, 0) is 4.74 Å². The van der Waals surface area contributed by atoms with E-state index < -0.39 is 0 Å². The van der Waals surface area contributed by atoms with E-state index in [4.69, 9.17) is 4.74 Å². The van der Waals surface area contributed by atoms with Gasteiger partial charge in [0.05, 0.1) is 5.60 Å². The van der Waals surface area contributed by atoms with Gasteiger partial charge >= 0.3 is 0 Å². The Balaban J connectivity index is 1.91. The van der Waals surface area contributed by atoms with Gasteiger partial charge in [0.25, 0.3) is 0 Å². The number of anilines is 2. The summed E-state index contributed by atoms with van der Waals surface area (Å²) >= 11 is 0. The summed E-state index contributed by atoms with van der Waals surface area (Å²) in [5.74, 6) is 1.81. The Kier molecular flexibility index (Phi) is 3.84. The molecule has 0 spiro atoms. The van der Waals surface area contributed by atoms with Gasteiger partial charge in [-0.15, -0.1) is 0 Å². The third-order valence-electron chi connectivity index (χ3n) is 3.05. The van der Waals surface area contributed by atoms with Gasteiger partial charge in [0, 0.05) is 19.7 Å². The van der Waals surface area contributed by atoms with E-state index in [2.05, 4.69) is 29.5 Å².